The quantitative estimate of drug-likeness (QED) is 0.304. The molecule has 0 aromatic heterocycles. The minimum Gasteiger partial charge on any atom is -0.492 e. The molecule has 1 aliphatic carbocycles. The van der Waals surface area contributed by atoms with E-state index in [1.54, 1.807) is 42.2 Å². The van der Waals surface area contributed by atoms with E-state index in [1.165, 1.54) is 25.7 Å². The standard InChI is InChI=1S/C27H34Cl2N2O5/c1-2-35-25(26(32)33)17-20-7-10-22(11-8-20)36-16-15-31(14-13-19-5-3-4-6-19)27(34)30-24-12-9-21(28)18-23(24)29/h7-12,18-19,25H,2-6,13-17H2,1H3,(H,30,34)(H,32,33). The maximum atomic E-state index is 13.1. The minimum absolute atomic E-state index is 0.230. The third-order valence-corrected chi connectivity index (χ3v) is 6.91. The molecule has 0 saturated heterocycles. The second-order valence-electron chi connectivity index (χ2n) is 8.96. The molecule has 1 atom stereocenters. The molecule has 1 unspecified atom stereocenters. The van der Waals surface area contributed by atoms with E-state index < -0.39 is 12.1 Å². The minimum atomic E-state index is -0.979. The van der Waals surface area contributed by atoms with Crippen LogP contribution in [-0.4, -0.2) is 54.4 Å². The lowest BCUT2D eigenvalue weighted by molar-refractivity contribution is -0.149. The Hall–Kier alpha value is -2.48. The summed E-state index contributed by atoms with van der Waals surface area (Å²) in [5.74, 6) is 0.325. The summed E-state index contributed by atoms with van der Waals surface area (Å²) in [5, 5.41) is 13.0. The van der Waals surface area contributed by atoms with Crippen LogP contribution >= 0.6 is 23.2 Å². The van der Waals surface area contributed by atoms with Crippen molar-refractivity contribution < 1.29 is 24.2 Å². The highest BCUT2D eigenvalue weighted by Crippen LogP contribution is 2.28. The number of anilines is 1. The molecule has 1 saturated carbocycles. The summed E-state index contributed by atoms with van der Waals surface area (Å²) in [6.45, 7) is 3.49. The number of nitrogens with zero attached hydrogens (tertiary/aromatic N) is 1. The zero-order chi connectivity index (χ0) is 25.9. The van der Waals surface area contributed by atoms with E-state index in [9.17, 15) is 14.7 Å². The zero-order valence-electron chi connectivity index (χ0n) is 20.6. The van der Waals surface area contributed by atoms with E-state index in [4.69, 9.17) is 32.7 Å². The molecular weight excluding hydrogens is 503 g/mol. The predicted molar refractivity (Wildman–Crippen MR) is 142 cm³/mol. The Balaban J connectivity index is 1.55. The molecule has 1 aliphatic rings. The molecule has 36 heavy (non-hydrogen) atoms. The number of urea groups is 1. The zero-order valence-corrected chi connectivity index (χ0v) is 22.1. The highest BCUT2D eigenvalue weighted by molar-refractivity contribution is 6.36. The van der Waals surface area contributed by atoms with Gasteiger partial charge >= 0.3 is 12.0 Å². The number of halogens is 2. The van der Waals surface area contributed by atoms with Gasteiger partial charge in [0.25, 0.3) is 0 Å². The van der Waals surface area contributed by atoms with E-state index in [0.29, 0.717) is 53.7 Å². The third-order valence-electron chi connectivity index (χ3n) is 6.36. The molecule has 2 N–H and O–H groups in total. The van der Waals surface area contributed by atoms with Crippen molar-refractivity contribution in [1.82, 2.24) is 4.90 Å². The van der Waals surface area contributed by atoms with Crippen molar-refractivity contribution in [3.63, 3.8) is 0 Å². The number of carbonyl (C=O) groups excluding carboxylic acids is 1. The van der Waals surface area contributed by atoms with Crippen LogP contribution < -0.4 is 10.1 Å². The van der Waals surface area contributed by atoms with Crippen LogP contribution in [0.15, 0.2) is 42.5 Å². The Labute approximate surface area is 222 Å². The summed E-state index contributed by atoms with van der Waals surface area (Å²) in [4.78, 5) is 26.1. The smallest absolute Gasteiger partial charge is 0.333 e. The molecule has 0 heterocycles. The monoisotopic (exact) mass is 536 g/mol. The number of hydrogen-bond acceptors (Lipinski definition) is 4. The van der Waals surface area contributed by atoms with Crippen molar-refractivity contribution in [2.24, 2.45) is 5.92 Å². The van der Waals surface area contributed by atoms with Crippen LogP contribution in [0.4, 0.5) is 10.5 Å². The number of carboxylic acid groups (broad SMARTS) is 1. The van der Waals surface area contributed by atoms with Crippen molar-refractivity contribution >= 4 is 40.9 Å². The molecular formula is C27H34Cl2N2O5. The van der Waals surface area contributed by atoms with Gasteiger partial charge in [0.1, 0.15) is 12.4 Å². The number of amides is 2. The van der Waals surface area contributed by atoms with E-state index in [-0.39, 0.29) is 12.5 Å². The van der Waals surface area contributed by atoms with Crippen LogP contribution in [0.3, 0.4) is 0 Å². The molecule has 3 rings (SSSR count). The molecule has 0 radical (unpaired) electrons. The molecule has 2 aromatic rings. The first kappa shape index (κ1) is 28.1. The highest BCUT2D eigenvalue weighted by Gasteiger charge is 2.20. The molecule has 196 valence electrons. The van der Waals surface area contributed by atoms with Gasteiger partial charge in [0.05, 0.1) is 17.3 Å². The van der Waals surface area contributed by atoms with Gasteiger partial charge in [-0.05, 0) is 55.2 Å². The van der Waals surface area contributed by atoms with Crippen molar-refractivity contribution in [1.29, 1.82) is 0 Å². The number of benzene rings is 2. The number of aliphatic carboxylic acids is 1. The van der Waals surface area contributed by atoms with Crippen LogP contribution in [0, 0.1) is 5.92 Å². The first-order chi connectivity index (χ1) is 17.4. The lowest BCUT2D eigenvalue weighted by Crippen LogP contribution is -2.39. The first-order valence-corrected chi connectivity index (χ1v) is 13.2. The molecule has 0 aliphatic heterocycles. The van der Waals surface area contributed by atoms with Gasteiger partial charge in [0.15, 0.2) is 6.10 Å². The maximum absolute atomic E-state index is 13.1. The molecule has 7 nitrogen and oxygen atoms in total. The summed E-state index contributed by atoms with van der Waals surface area (Å²) in [6, 6.07) is 12.0. The first-order valence-electron chi connectivity index (χ1n) is 12.4. The Bertz CT molecular complexity index is 996. The van der Waals surface area contributed by atoms with E-state index in [1.807, 2.05) is 12.1 Å². The summed E-state index contributed by atoms with van der Waals surface area (Å²) in [5.41, 5.74) is 1.36. The normalized spacial score (nSPS) is 14.4. The Morgan fingerprint density at radius 2 is 1.83 bits per heavy atom. The molecule has 0 bridgehead atoms. The second kappa shape index (κ2) is 14.3. The van der Waals surface area contributed by atoms with Crippen molar-refractivity contribution in [2.45, 2.75) is 51.6 Å². The fraction of sp³-hybridized carbons (Fsp3) is 0.481. The van der Waals surface area contributed by atoms with Crippen LogP contribution in [0.5, 0.6) is 5.75 Å². The van der Waals surface area contributed by atoms with Gasteiger partial charge < -0.3 is 24.8 Å². The van der Waals surface area contributed by atoms with Crippen LogP contribution in [0.2, 0.25) is 10.0 Å². The number of carbonyl (C=O) groups is 2. The lowest BCUT2D eigenvalue weighted by Gasteiger charge is -2.25. The van der Waals surface area contributed by atoms with Gasteiger partial charge in [-0.2, -0.15) is 0 Å². The van der Waals surface area contributed by atoms with Gasteiger partial charge in [-0.25, -0.2) is 9.59 Å². The number of nitrogens with one attached hydrogen (secondary N) is 1. The van der Waals surface area contributed by atoms with E-state index in [0.717, 1.165) is 12.0 Å². The van der Waals surface area contributed by atoms with Crippen LogP contribution in [0.25, 0.3) is 0 Å². The average Bonchev–Trinajstić information content (AvgIpc) is 3.37. The topological polar surface area (TPSA) is 88.1 Å². The summed E-state index contributed by atoms with van der Waals surface area (Å²) in [7, 11) is 0. The fourth-order valence-corrected chi connectivity index (χ4v) is 4.82. The van der Waals surface area contributed by atoms with Gasteiger partial charge in [-0.3, -0.25) is 0 Å². The lowest BCUT2D eigenvalue weighted by atomic mass is 10.0. The van der Waals surface area contributed by atoms with Crippen molar-refractivity contribution in [3.8, 4) is 5.75 Å². The number of hydrogen-bond donors (Lipinski definition) is 2. The Morgan fingerprint density at radius 1 is 1.11 bits per heavy atom. The summed E-state index contributed by atoms with van der Waals surface area (Å²) < 4.78 is 11.2. The molecule has 2 amide bonds. The molecule has 0 spiro atoms. The third kappa shape index (κ3) is 8.87. The van der Waals surface area contributed by atoms with Gasteiger partial charge in [-0.1, -0.05) is 61.0 Å². The van der Waals surface area contributed by atoms with Crippen LogP contribution in [-0.2, 0) is 16.0 Å². The average molecular weight is 537 g/mol. The predicted octanol–water partition coefficient (Wildman–Crippen LogP) is 6.52. The number of ether oxygens (including phenoxy) is 2. The Kier molecular flexibility index (Phi) is 11.2. The molecule has 2 aromatic carbocycles. The van der Waals surface area contributed by atoms with Gasteiger partial charge in [-0.15, -0.1) is 0 Å². The SMILES string of the molecule is CCOC(Cc1ccc(OCCN(CCC2CCCC2)C(=O)Nc2ccc(Cl)cc2Cl)cc1)C(=O)O. The van der Waals surface area contributed by atoms with Gasteiger partial charge in [0, 0.05) is 24.6 Å². The molecule has 9 heteroatoms. The van der Waals surface area contributed by atoms with Crippen molar-refractivity contribution in [2.75, 3.05) is 31.6 Å². The Morgan fingerprint density at radius 3 is 2.47 bits per heavy atom. The van der Waals surface area contributed by atoms with Gasteiger partial charge in [0.2, 0.25) is 0 Å². The number of carboxylic acids is 1. The van der Waals surface area contributed by atoms with E-state index in [2.05, 4.69) is 5.32 Å². The van der Waals surface area contributed by atoms with E-state index >= 15 is 0 Å². The van der Waals surface area contributed by atoms with Crippen molar-refractivity contribution in [3.05, 3.63) is 58.1 Å². The largest absolute Gasteiger partial charge is 0.492 e. The highest BCUT2D eigenvalue weighted by atomic mass is 35.5. The summed E-state index contributed by atoms with van der Waals surface area (Å²) in [6.07, 6.45) is 5.32. The maximum Gasteiger partial charge on any atom is 0.333 e. The second-order valence-corrected chi connectivity index (χ2v) is 9.80. The fourth-order valence-electron chi connectivity index (χ4n) is 4.37. The van der Waals surface area contributed by atoms with Crippen LogP contribution in [0.1, 0.15) is 44.6 Å². The molecule has 1 fully saturated rings. The number of rotatable bonds is 13. The summed E-state index contributed by atoms with van der Waals surface area (Å²) >= 11 is 12.2.